The Labute approximate surface area is 139 Å². The number of aliphatic hydroxyl groups is 1. The van der Waals surface area contributed by atoms with Crippen LogP contribution >= 0.6 is 0 Å². The lowest BCUT2D eigenvalue weighted by molar-refractivity contribution is 0.0344. The summed E-state index contributed by atoms with van der Waals surface area (Å²) in [5.74, 6) is 1.79. The molecule has 4 aliphatic rings. The lowest BCUT2D eigenvalue weighted by Crippen LogP contribution is -2.64. The summed E-state index contributed by atoms with van der Waals surface area (Å²) in [6.45, 7) is 4.69. The summed E-state index contributed by atoms with van der Waals surface area (Å²) in [6.07, 6.45) is 3.34. The molecule has 3 aliphatic heterocycles. The molecule has 1 saturated carbocycles. The molecule has 3 heterocycles. The highest BCUT2D eigenvalue weighted by Gasteiger charge is 2.70. The number of rotatable bonds is 2. The third-order valence-corrected chi connectivity index (χ3v) is 7.85. The van der Waals surface area contributed by atoms with Crippen molar-refractivity contribution in [3.8, 4) is 0 Å². The molecule has 0 radical (unpaired) electrons. The van der Waals surface area contributed by atoms with Crippen molar-refractivity contribution in [3.05, 3.63) is 29.8 Å². The molecule has 1 aromatic rings. The van der Waals surface area contributed by atoms with Crippen LogP contribution in [0.3, 0.4) is 0 Å². The van der Waals surface area contributed by atoms with Crippen LogP contribution in [0, 0.1) is 17.8 Å². The van der Waals surface area contributed by atoms with Gasteiger partial charge in [-0.15, -0.1) is 0 Å². The lowest BCUT2D eigenvalue weighted by atomic mass is 9.68. The van der Waals surface area contributed by atoms with E-state index in [4.69, 9.17) is 0 Å². The summed E-state index contributed by atoms with van der Waals surface area (Å²) in [6, 6.07) is 10.2. The molecule has 1 aliphatic carbocycles. The Bertz CT molecular complexity index is 646. The molecule has 0 aromatic heterocycles. The van der Waals surface area contributed by atoms with E-state index >= 15 is 0 Å². The van der Waals surface area contributed by atoms with Crippen molar-refractivity contribution in [2.75, 3.05) is 11.9 Å². The Morgan fingerprint density at radius 1 is 1.35 bits per heavy atom. The van der Waals surface area contributed by atoms with E-state index in [0.29, 0.717) is 35.9 Å². The van der Waals surface area contributed by atoms with E-state index < -0.39 is 0 Å². The molecule has 1 aromatic carbocycles. The number of nitrogens with zero attached hydrogens (tertiary/aromatic N) is 1. The third-order valence-electron chi connectivity index (χ3n) is 7.85. The van der Waals surface area contributed by atoms with Gasteiger partial charge in [-0.1, -0.05) is 38.5 Å². The zero-order valence-electron chi connectivity index (χ0n) is 14.4. The number of aliphatic hydroxyl groups excluding tert-OH is 1. The van der Waals surface area contributed by atoms with E-state index in [2.05, 4.69) is 55.4 Å². The first-order valence-electron chi connectivity index (χ1n) is 9.36. The number of benzene rings is 1. The normalized spacial score (nSPS) is 47.6. The average Bonchev–Trinajstić information content (AvgIpc) is 2.94. The monoisotopic (exact) mass is 312 g/mol. The van der Waals surface area contributed by atoms with Crippen molar-refractivity contribution in [1.82, 2.24) is 5.32 Å². The Hall–Kier alpha value is -1.06. The van der Waals surface area contributed by atoms with Crippen molar-refractivity contribution < 1.29 is 5.11 Å². The van der Waals surface area contributed by atoms with E-state index in [0.717, 1.165) is 6.42 Å². The molecule has 3 fully saturated rings. The fourth-order valence-electron chi connectivity index (χ4n) is 6.84. The van der Waals surface area contributed by atoms with Gasteiger partial charge in [-0.2, -0.15) is 0 Å². The molecular formula is C20H28N2O. The van der Waals surface area contributed by atoms with Gasteiger partial charge in [0.15, 0.2) is 0 Å². The number of hydrogen-bond donors (Lipinski definition) is 2. The standard InChI is InChI=1S/C20H28N2O/c1-4-11(2)12-9-14-18-20(10-15(21-14)17(12)19(20)23)13-7-5-6-8-16(13)22(18)3/h5-8,11-12,14-15,17-19,21,23H,4,9-10H2,1-3H3/t11-,12-,14-,15-,17-,18-,19?,20+/m0/s1. The second kappa shape index (κ2) is 4.52. The molecule has 0 amide bonds. The topological polar surface area (TPSA) is 35.5 Å². The van der Waals surface area contributed by atoms with Crippen LogP contribution in [-0.4, -0.2) is 36.4 Å². The maximum absolute atomic E-state index is 11.6. The molecule has 8 atom stereocenters. The molecular weight excluding hydrogens is 284 g/mol. The molecule has 2 N–H and O–H groups in total. The van der Waals surface area contributed by atoms with Gasteiger partial charge in [0.1, 0.15) is 0 Å². The predicted octanol–water partition coefficient (Wildman–Crippen LogP) is 2.53. The number of anilines is 1. The molecule has 23 heavy (non-hydrogen) atoms. The van der Waals surface area contributed by atoms with Crippen molar-refractivity contribution in [3.63, 3.8) is 0 Å². The SMILES string of the molecule is CC[C@H](C)[C@@H]1C[C@@H]2N[C@H]3C[C@]4(c5ccccc5N(C)[C@@H]24)C(O)[C@@H]13. The van der Waals surface area contributed by atoms with Gasteiger partial charge in [0.05, 0.1) is 12.1 Å². The number of piperidine rings is 2. The van der Waals surface area contributed by atoms with Crippen molar-refractivity contribution in [2.24, 2.45) is 17.8 Å². The molecule has 5 rings (SSSR count). The van der Waals surface area contributed by atoms with Crippen molar-refractivity contribution >= 4 is 5.69 Å². The highest BCUT2D eigenvalue weighted by atomic mass is 16.3. The first-order valence-corrected chi connectivity index (χ1v) is 9.36. The molecule has 2 saturated heterocycles. The number of likely N-dealkylation sites (N-methyl/N-ethyl adjacent to an activating group) is 1. The van der Waals surface area contributed by atoms with E-state index in [-0.39, 0.29) is 11.5 Å². The van der Waals surface area contributed by atoms with Crippen LogP contribution in [0.2, 0.25) is 0 Å². The maximum Gasteiger partial charge on any atom is 0.0704 e. The Balaban J connectivity index is 1.69. The van der Waals surface area contributed by atoms with Gasteiger partial charge >= 0.3 is 0 Å². The number of nitrogens with one attached hydrogen (secondary N) is 1. The number of para-hydroxylation sites is 1. The van der Waals surface area contributed by atoms with E-state index in [1.165, 1.54) is 24.1 Å². The second-order valence-electron chi connectivity index (χ2n) is 8.50. The van der Waals surface area contributed by atoms with Gasteiger partial charge in [0.2, 0.25) is 0 Å². The van der Waals surface area contributed by atoms with Crippen LogP contribution < -0.4 is 10.2 Å². The predicted molar refractivity (Wildman–Crippen MR) is 92.7 cm³/mol. The molecule has 1 spiro atoms. The van der Waals surface area contributed by atoms with Crippen molar-refractivity contribution in [1.29, 1.82) is 0 Å². The minimum absolute atomic E-state index is 0.0429. The van der Waals surface area contributed by atoms with Crippen LogP contribution in [0.15, 0.2) is 24.3 Å². The van der Waals surface area contributed by atoms with Gasteiger partial charge in [0, 0.05) is 36.2 Å². The maximum atomic E-state index is 11.6. The van der Waals surface area contributed by atoms with Crippen LogP contribution in [-0.2, 0) is 5.41 Å². The molecule has 3 heteroatoms. The van der Waals surface area contributed by atoms with E-state index in [1.807, 2.05) is 0 Å². The summed E-state index contributed by atoms with van der Waals surface area (Å²) in [4.78, 5) is 2.47. The first kappa shape index (κ1) is 14.3. The smallest absolute Gasteiger partial charge is 0.0704 e. The fourth-order valence-corrected chi connectivity index (χ4v) is 6.84. The summed E-state index contributed by atoms with van der Waals surface area (Å²) in [5, 5.41) is 15.5. The first-order chi connectivity index (χ1) is 11.1. The zero-order valence-corrected chi connectivity index (χ0v) is 14.4. The number of fused-ring (bicyclic) bond motifs is 3. The van der Waals surface area contributed by atoms with E-state index in [9.17, 15) is 5.11 Å². The molecule has 124 valence electrons. The molecule has 3 nitrogen and oxygen atoms in total. The van der Waals surface area contributed by atoms with Crippen LogP contribution in [0.1, 0.15) is 38.7 Å². The van der Waals surface area contributed by atoms with Crippen LogP contribution in [0.25, 0.3) is 0 Å². The summed E-state index contributed by atoms with van der Waals surface area (Å²) in [5.41, 5.74) is 2.70. The highest BCUT2D eigenvalue weighted by Crippen LogP contribution is 2.63. The summed E-state index contributed by atoms with van der Waals surface area (Å²) in [7, 11) is 2.23. The summed E-state index contributed by atoms with van der Waals surface area (Å²) < 4.78 is 0. The van der Waals surface area contributed by atoms with E-state index in [1.54, 1.807) is 0 Å². The molecule has 1 unspecified atom stereocenters. The highest BCUT2D eigenvalue weighted by molar-refractivity contribution is 5.67. The quantitative estimate of drug-likeness (QED) is 0.881. The van der Waals surface area contributed by atoms with Gasteiger partial charge < -0.3 is 15.3 Å². The van der Waals surface area contributed by atoms with Crippen molar-refractivity contribution in [2.45, 2.75) is 62.8 Å². The largest absolute Gasteiger partial charge is 0.392 e. The third kappa shape index (κ3) is 1.49. The second-order valence-corrected chi connectivity index (χ2v) is 8.50. The molecule has 3 bridgehead atoms. The van der Waals surface area contributed by atoms with Crippen LogP contribution in [0.5, 0.6) is 0 Å². The average molecular weight is 312 g/mol. The van der Waals surface area contributed by atoms with Gasteiger partial charge in [-0.05, 0) is 36.3 Å². The zero-order chi connectivity index (χ0) is 15.9. The van der Waals surface area contributed by atoms with Crippen LogP contribution in [0.4, 0.5) is 5.69 Å². The van der Waals surface area contributed by atoms with Gasteiger partial charge in [-0.25, -0.2) is 0 Å². The lowest BCUT2D eigenvalue weighted by Gasteiger charge is -2.49. The summed E-state index contributed by atoms with van der Waals surface area (Å²) >= 11 is 0. The Kier molecular flexibility index (Phi) is 2.81. The Morgan fingerprint density at radius 3 is 2.91 bits per heavy atom. The van der Waals surface area contributed by atoms with Gasteiger partial charge in [0.25, 0.3) is 0 Å². The Morgan fingerprint density at radius 2 is 2.13 bits per heavy atom. The van der Waals surface area contributed by atoms with Gasteiger partial charge in [-0.3, -0.25) is 0 Å². The minimum atomic E-state index is -0.206. The minimum Gasteiger partial charge on any atom is -0.392 e. The fraction of sp³-hybridized carbons (Fsp3) is 0.700. The number of hydrogen-bond acceptors (Lipinski definition) is 3.